The van der Waals surface area contributed by atoms with Crippen molar-refractivity contribution in [1.82, 2.24) is 0 Å². The normalized spacial score (nSPS) is 24.4. The van der Waals surface area contributed by atoms with Crippen molar-refractivity contribution in [2.24, 2.45) is 5.92 Å². The van der Waals surface area contributed by atoms with E-state index >= 15 is 0 Å². The third kappa shape index (κ3) is 3.89. The second kappa shape index (κ2) is 8.60. The third-order valence-corrected chi connectivity index (χ3v) is 15.2. The van der Waals surface area contributed by atoms with Crippen molar-refractivity contribution in [2.75, 3.05) is 4.43 Å². The molecule has 2 fully saturated rings. The average molecular weight is 517 g/mol. The molecule has 1 aliphatic carbocycles. The Morgan fingerprint density at radius 1 is 0.667 bits per heavy atom. The zero-order valence-electron chi connectivity index (χ0n) is 20.3. The summed E-state index contributed by atoms with van der Waals surface area (Å²) in [6, 6.07) is 14.4. The van der Waals surface area contributed by atoms with E-state index in [1.165, 1.54) is 10.8 Å². The van der Waals surface area contributed by atoms with Crippen LogP contribution in [0.3, 0.4) is 0 Å². The second-order valence-electron chi connectivity index (χ2n) is 10.8. The maximum atomic E-state index is 2.45. The number of alkyl halides is 2. The number of halogens is 1. The first-order valence-electron chi connectivity index (χ1n) is 12.1. The van der Waals surface area contributed by atoms with Gasteiger partial charge >= 0.3 is 193 Å². The molecule has 30 heavy (non-hydrogen) atoms. The molecule has 2 aromatic rings. The molecular weight excluding hydrogens is 475 g/mol. The molecule has 2 aromatic carbocycles. The van der Waals surface area contributed by atoms with E-state index in [0.717, 1.165) is 15.8 Å². The van der Waals surface area contributed by atoms with Gasteiger partial charge in [0.05, 0.1) is 0 Å². The summed E-state index contributed by atoms with van der Waals surface area (Å²) in [5.74, 6) is 4.30. The van der Waals surface area contributed by atoms with Crippen LogP contribution in [0.5, 0.6) is 0 Å². The molecule has 4 rings (SSSR count). The van der Waals surface area contributed by atoms with Gasteiger partial charge in [0.1, 0.15) is 0 Å². The number of fused-ring (bicyclic) bond motifs is 1. The molecule has 3 atom stereocenters. The van der Waals surface area contributed by atoms with Crippen LogP contribution in [0.2, 0.25) is 0 Å². The van der Waals surface area contributed by atoms with Gasteiger partial charge in [-0.3, -0.25) is 0 Å². The Labute approximate surface area is 192 Å². The zero-order valence-corrected chi connectivity index (χ0v) is 22.5. The Hall–Kier alpha value is -0.830. The molecule has 0 amide bonds. The van der Waals surface area contributed by atoms with Gasteiger partial charge in [0.15, 0.2) is 0 Å². The first kappa shape index (κ1) is 22.4. The molecule has 0 bridgehead atoms. The summed E-state index contributed by atoms with van der Waals surface area (Å²) in [5, 5.41) is 0. The van der Waals surface area contributed by atoms with Crippen LogP contribution in [0.25, 0.3) is 0 Å². The Bertz CT molecular complexity index is 779. The van der Waals surface area contributed by atoms with Crippen LogP contribution in [0.15, 0.2) is 36.4 Å². The molecule has 0 radical (unpaired) electrons. The van der Waals surface area contributed by atoms with E-state index in [0.29, 0.717) is 23.7 Å². The first-order chi connectivity index (χ1) is 14.2. The third-order valence-electron chi connectivity index (χ3n) is 7.28. The van der Waals surface area contributed by atoms with Crippen LogP contribution in [-0.4, -0.2) is 8.35 Å². The van der Waals surface area contributed by atoms with E-state index in [2.05, 4.69) is 91.8 Å². The molecule has 1 saturated carbocycles. The molecule has 1 aliphatic heterocycles. The fourth-order valence-electron chi connectivity index (χ4n) is 5.59. The number of rotatable bonds is 6. The summed E-state index contributed by atoms with van der Waals surface area (Å²) >= 11 is -1.20. The molecule has 0 aromatic heterocycles. The van der Waals surface area contributed by atoms with E-state index in [4.69, 9.17) is 0 Å². The molecule has 164 valence electrons. The summed E-state index contributed by atoms with van der Waals surface area (Å²) in [4.78, 5) is 0. The summed E-state index contributed by atoms with van der Waals surface area (Å²) in [6.07, 6.45) is 1.50. The van der Waals surface area contributed by atoms with Crippen molar-refractivity contribution in [3.63, 3.8) is 0 Å². The van der Waals surface area contributed by atoms with Gasteiger partial charge in [-0.25, -0.2) is 0 Å². The van der Waals surface area contributed by atoms with Gasteiger partial charge in [-0.15, -0.1) is 0 Å². The zero-order chi connectivity index (χ0) is 21.7. The average Bonchev–Trinajstić information content (AvgIpc) is 3.40. The Kier molecular flexibility index (Phi) is 6.41. The fourth-order valence-corrected chi connectivity index (χ4v) is 15.6. The molecule has 1 saturated heterocycles. The minimum atomic E-state index is -1.20. The van der Waals surface area contributed by atoms with Crippen molar-refractivity contribution in [3.05, 3.63) is 67.8 Å². The van der Waals surface area contributed by atoms with Crippen molar-refractivity contribution < 1.29 is 0 Å². The van der Waals surface area contributed by atoms with Gasteiger partial charge in [-0.05, 0) is 0 Å². The quantitative estimate of drug-likeness (QED) is 0.265. The molecule has 0 nitrogen and oxygen atoms in total. The van der Waals surface area contributed by atoms with Gasteiger partial charge in [-0.2, -0.15) is 0 Å². The van der Waals surface area contributed by atoms with Crippen molar-refractivity contribution in [3.8, 4) is 0 Å². The monoisotopic (exact) mass is 516 g/mol. The van der Waals surface area contributed by atoms with Crippen LogP contribution in [-0.2, 0) is 0 Å². The molecule has 0 spiro atoms. The minimum absolute atomic E-state index is 0.618. The number of hydrogen-bond donors (Lipinski definition) is 0. The Balaban J connectivity index is 1.79. The van der Waals surface area contributed by atoms with E-state index in [9.17, 15) is 0 Å². The summed E-state index contributed by atoms with van der Waals surface area (Å²) in [5.41, 5.74) is 8.40. The Morgan fingerprint density at radius 3 is 1.53 bits per heavy atom. The molecule has 2 aliphatic rings. The van der Waals surface area contributed by atoms with Crippen LogP contribution in [0.1, 0.15) is 119 Å². The fraction of sp³-hybridized carbons (Fsp3) is 0.586. The number of benzene rings is 2. The van der Waals surface area contributed by atoms with Gasteiger partial charge < -0.3 is 0 Å². The first-order valence-corrected chi connectivity index (χ1v) is 16.0. The van der Waals surface area contributed by atoms with Gasteiger partial charge in [-0.1, -0.05) is 0 Å². The van der Waals surface area contributed by atoms with Gasteiger partial charge in [0.2, 0.25) is 0 Å². The van der Waals surface area contributed by atoms with Crippen LogP contribution in [0.4, 0.5) is 0 Å². The molecule has 1 unspecified atom stereocenters. The topological polar surface area (TPSA) is 0 Å². The van der Waals surface area contributed by atoms with Crippen molar-refractivity contribution in [2.45, 2.75) is 95.3 Å². The van der Waals surface area contributed by atoms with Crippen LogP contribution in [0, 0.1) is 9.49 Å². The van der Waals surface area contributed by atoms with Gasteiger partial charge in [0.25, 0.3) is 0 Å². The van der Waals surface area contributed by atoms with Crippen LogP contribution < -0.4 is 0 Å². The van der Waals surface area contributed by atoms with Crippen molar-refractivity contribution >= 4 is 19.8 Å². The standard InChI is InChI=1S/C29H41I/c1-17(2)21-11-9-12-22(18(3)4)28(21)26-16-30(27-15-25(26)27)29-23(19(5)6)13-10-14-24(29)20(7)8/h9-14,17-20,25-27H,15-16H2,1-8H3/t25-,26?,27+/m1/s1. The summed E-state index contributed by atoms with van der Waals surface area (Å²) in [6.45, 7) is 19.2. The molecule has 1 heteroatoms. The summed E-state index contributed by atoms with van der Waals surface area (Å²) in [7, 11) is 0. The van der Waals surface area contributed by atoms with Crippen molar-refractivity contribution in [1.29, 1.82) is 0 Å². The summed E-state index contributed by atoms with van der Waals surface area (Å²) < 4.78 is 4.44. The van der Waals surface area contributed by atoms with E-state index in [-0.39, 0.29) is 0 Å². The SMILES string of the molecule is CC(C)c1cccc(C(C)C)c1C1CI(c2c(C(C)C)cccc2C(C)C)[C@H]2C[C@H]12. The second-order valence-corrected chi connectivity index (χ2v) is 16.6. The van der Waals surface area contributed by atoms with E-state index in [1.54, 1.807) is 27.8 Å². The predicted octanol–water partition coefficient (Wildman–Crippen LogP) is 9.04. The molecule has 0 N–H and O–H groups in total. The van der Waals surface area contributed by atoms with E-state index < -0.39 is 19.8 Å². The molecular formula is C29H41I. The van der Waals surface area contributed by atoms with Crippen LogP contribution >= 0.6 is 19.8 Å². The number of hydrogen-bond acceptors (Lipinski definition) is 0. The van der Waals surface area contributed by atoms with E-state index in [1.807, 2.05) is 3.57 Å². The maximum absolute atomic E-state index is 2.45. The Morgan fingerprint density at radius 2 is 1.10 bits per heavy atom. The predicted molar refractivity (Wildman–Crippen MR) is 141 cm³/mol. The van der Waals surface area contributed by atoms with Gasteiger partial charge in [0, 0.05) is 0 Å². The molecule has 1 heterocycles.